The molecule has 1 fully saturated rings. The molecule has 0 amide bonds. The predicted molar refractivity (Wildman–Crippen MR) is 81.7 cm³/mol. The smallest absolute Gasteiger partial charge is 0.150 e. The fourth-order valence-corrected chi connectivity index (χ4v) is 2.48. The Morgan fingerprint density at radius 3 is 2.11 bits per heavy atom. The second-order valence-corrected chi connectivity index (χ2v) is 4.67. The maximum atomic E-state index is 4.76. The Morgan fingerprint density at radius 2 is 1.47 bits per heavy atom. The van der Waals surface area contributed by atoms with Crippen molar-refractivity contribution in [2.45, 2.75) is 40.0 Å². The lowest BCUT2D eigenvalue weighted by molar-refractivity contribution is 0.572. The van der Waals surface area contributed by atoms with Crippen molar-refractivity contribution in [2.24, 2.45) is 0 Å². The number of piperidine rings is 1. The van der Waals surface area contributed by atoms with Crippen LogP contribution in [0.25, 0.3) is 11.0 Å². The molecule has 3 heteroatoms. The van der Waals surface area contributed by atoms with Crippen LogP contribution in [0.4, 0.5) is 5.82 Å². The normalized spacial score (nSPS) is 15.0. The minimum atomic E-state index is 0.991. The quantitative estimate of drug-likeness (QED) is 0.774. The fraction of sp³-hybridized carbons (Fsp3) is 0.500. The molecule has 1 aliphatic heterocycles. The molecule has 0 aliphatic carbocycles. The molecule has 1 aromatic heterocycles. The molecule has 0 unspecified atom stereocenters. The van der Waals surface area contributed by atoms with Crippen molar-refractivity contribution in [3.05, 3.63) is 30.0 Å². The number of nitrogens with zero attached hydrogens (tertiary/aromatic N) is 3. The molecule has 0 atom stereocenters. The van der Waals surface area contributed by atoms with Crippen molar-refractivity contribution in [3.63, 3.8) is 0 Å². The Kier molecular flexibility index (Phi) is 4.72. The van der Waals surface area contributed by atoms with Gasteiger partial charge in [0.1, 0.15) is 0 Å². The van der Waals surface area contributed by atoms with E-state index in [2.05, 4.69) is 16.8 Å². The second-order valence-electron chi connectivity index (χ2n) is 4.67. The van der Waals surface area contributed by atoms with E-state index in [4.69, 9.17) is 4.98 Å². The van der Waals surface area contributed by atoms with Gasteiger partial charge in [0.2, 0.25) is 0 Å². The van der Waals surface area contributed by atoms with Crippen LogP contribution < -0.4 is 4.90 Å². The Morgan fingerprint density at radius 1 is 0.895 bits per heavy atom. The van der Waals surface area contributed by atoms with Crippen LogP contribution >= 0.6 is 0 Å². The molecule has 19 heavy (non-hydrogen) atoms. The zero-order valence-corrected chi connectivity index (χ0v) is 12.2. The van der Waals surface area contributed by atoms with Gasteiger partial charge in [0.15, 0.2) is 5.82 Å². The van der Waals surface area contributed by atoms with Gasteiger partial charge in [-0.15, -0.1) is 0 Å². The number of rotatable bonds is 1. The van der Waals surface area contributed by atoms with Crippen LogP contribution in [-0.4, -0.2) is 23.1 Å². The topological polar surface area (TPSA) is 29.0 Å². The lowest BCUT2D eigenvalue weighted by Crippen LogP contribution is -2.31. The standard InChI is InChI=1S/C14H17N3.C2H6/c1-11-14(17-9-5-2-6-10-17)16-13-8-4-3-7-12(13)15-11;1-2/h3-4,7-8H,2,5-6,9-10H2,1H3;1-2H3. The third-order valence-electron chi connectivity index (χ3n) is 3.38. The molecule has 0 saturated carbocycles. The predicted octanol–water partition coefficient (Wildman–Crippen LogP) is 3.95. The summed E-state index contributed by atoms with van der Waals surface area (Å²) in [6.07, 6.45) is 3.89. The van der Waals surface area contributed by atoms with Gasteiger partial charge in [-0.05, 0) is 38.3 Å². The minimum Gasteiger partial charge on any atom is -0.355 e. The van der Waals surface area contributed by atoms with Crippen molar-refractivity contribution >= 4 is 16.9 Å². The Bertz CT molecular complexity index is 531. The van der Waals surface area contributed by atoms with Gasteiger partial charge in [0.25, 0.3) is 0 Å². The highest BCUT2D eigenvalue weighted by atomic mass is 15.2. The van der Waals surface area contributed by atoms with Crippen molar-refractivity contribution in [1.82, 2.24) is 9.97 Å². The first-order chi connectivity index (χ1) is 9.34. The minimum absolute atomic E-state index is 0.991. The Labute approximate surface area is 115 Å². The molecule has 1 aliphatic rings. The molecule has 2 heterocycles. The molecule has 1 saturated heterocycles. The zero-order valence-electron chi connectivity index (χ0n) is 12.2. The van der Waals surface area contributed by atoms with Crippen LogP contribution in [0.1, 0.15) is 38.8 Å². The van der Waals surface area contributed by atoms with E-state index < -0.39 is 0 Å². The molecule has 3 nitrogen and oxygen atoms in total. The molecule has 0 bridgehead atoms. The molecule has 2 aromatic rings. The van der Waals surface area contributed by atoms with Crippen molar-refractivity contribution in [3.8, 4) is 0 Å². The van der Waals surface area contributed by atoms with Gasteiger partial charge in [0, 0.05) is 13.1 Å². The van der Waals surface area contributed by atoms with E-state index in [0.717, 1.165) is 35.6 Å². The third kappa shape index (κ3) is 3.03. The van der Waals surface area contributed by atoms with Crippen LogP contribution in [0, 0.1) is 6.92 Å². The summed E-state index contributed by atoms with van der Waals surface area (Å²) in [5.74, 6) is 1.07. The summed E-state index contributed by atoms with van der Waals surface area (Å²) in [5, 5.41) is 0. The van der Waals surface area contributed by atoms with E-state index >= 15 is 0 Å². The van der Waals surface area contributed by atoms with E-state index in [0.29, 0.717) is 0 Å². The fourth-order valence-electron chi connectivity index (χ4n) is 2.48. The van der Waals surface area contributed by atoms with Gasteiger partial charge in [-0.25, -0.2) is 9.97 Å². The maximum Gasteiger partial charge on any atom is 0.150 e. The van der Waals surface area contributed by atoms with Gasteiger partial charge in [-0.2, -0.15) is 0 Å². The Balaban J connectivity index is 0.000000637. The molecule has 1 aromatic carbocycles. The lowest BCUT2D eigenvalue weighted by atomic mass is 10.1. The van der Waals surface area contributed by atoms with E-state index in [1.54, 1.807) is 0 Å². The number of hydrogen-bond acceptors (Lipinski definition) is 3. The summed E-state index contributed by atoms with van der Waals surface area (Å²) in [5.41, 5.74) is 3.04. The van der Waals surface area contributed by atoms with Gasteiger partial charge in [-0.1, -0.05) is 26.0 Å². The number of anilines is 1. The van der Waals surface area contributed by atoms with Gasteiger partial charge < -0.3 is 4.90 Å². The van der Waals surface area contributed by atoms with Crippen molar-refractivity contribution < 1.29 is 0 Å². The molecule has 102 valence electrons. The summed E-state index contributed by atoms with van der Waals surface area (Å²) in [4.78, 5) is 11.8. The highest BCUT2D eigenvalue weighted by Crippen LogP contribution is 2.22. The number of para-hydroxylation sites is 2. The summed E-state index contributed by atoms with van der Waals surface area (Å²) < 4.78 is 0. The van der Waals surface area contributed by atoms with Crippen LogP contribution in [-0.2, 0) is 0 Å². The maximum absolute atomic E-state index is 4.76. The average Bonchev–Trinajstić information content (AvgIpc) is 2.49. The SMILES string of the molecule is CC.Cc1nc2ccccc2nc1N1CCCCC1. The van der Waals surface area contributed by atoms with Crippen LogP contribution in [0.5, 0.6) is 0 Å². The van der Waals surface area contributed by atoms with Crippen LogP contribution in [0.3, 0.4) is 0 Å². The number of benzene rings is 1. The largest absolute Gasteiger partial charge is 0.355 e. The summed E-state index contributed by atoms with van der Waals surface area (Å²) in [6.45, 7) is 8.30. The number of aryl methyl sites for hydroxylation is 1. The first-order valence-corrected chi connectivity index (χ1v) is 7.33. The first kappa shape index (κ1) is 13.8. The second kappa shape index (κ2) is 6.50. The molecule has 0 spiro atoms. The van der Waals surface area contributed by atoms with Crippen molar-refractivity contribution in [1.29, 1.82) is 0 Å². The molecule has 0 N–H and O–H groups in total. The van der Waals surface area contributed by atoms with Crippen LogP contribution in [0.2, 0.25) is 0 Å². The van der Waals surface area contributed by atoms with Crippen LogP contribution in [0.15, 0.2) is 24.3 Å². The molecule has 3 rings (SSSR count). The first-order valence-electron chi connectivity index (χ1n) is 7.33. The number of fused-ring (bicyclic) bond motifs is 1. The number of hydrogen-bond donors (Lipinski definition) is 0. The molecule has 0 radical (unpaired) electrons. The van der Waals surface area contributed by atoms with E-state index in [9.17, 15) is 0 Å². The molecular formula is C16H23N3. The van der Waals surface area contributed by atoms with Crippen molar-refractivity contribution in [2.75, 3.05) is 18.0 Å². The Hall–Kier alpha value is -1.64. The highest BCUT2D eigenvalue weighted by molar-refractivity contribution is 5.76. The van der Waals surface area contributed by atoms with E-state index in [-0.39, 0.29) is 0 Å². The number of aromatic nitrogens is 2. The average molecular weight is 257 g/mol. The summed E-state index contributed by atoms with van der Waals surface area (Å²) in [7, 11) is 0. The zero-order chi connectivity index (χ0) is 13.7. The summed E-state index contributed by atoms with van der Waals surface area (Å²) >= 11 is 0. The monoisotopic (exact) mass is 257 g/mol. The molecular weight excluding hydrogens is 234 g/mol. The lowest BCUT2D eigenvalue weighted by Gasteiger charge is -2.28. The third-order valence-corrected chi connectivity index (χ3v) is 3.38. The highest BCUT2D eigenvalue weighted by Gasteiger charge is 2.15. The van der Waals surface area contributed by atoms with E-state index in [1.165, 1.54) is 19.3 Å². The van der Waals surface area contributed by atoms with Gasteiger partial charge in [0.05, 0.1) is 16.7 Å². The van der Waals surface area contributed by atoms with Gasteiger partial charge >= 0.3 is 0 Å². The van der Waals surface area contributed by atoms with Gasteiger partial charge in [-0.3, -0.25) is 0 Å². The summed E-state index contributed by atoms with van der Waals surface area (Å²) in [6, 6.07) is 8.09. The van der Waals surface area contributed by atoms with E-state index in [1.807, 2.05) is 38.1 Å².